The Bertz CT molecular complexity index is 1130. The Morgan fingerprint density at radius 1 is 1.10 bits per heavy atom. The van der Waals surface area contributed by atoms with Crippen molar-refractivity contribution in [3.8, 4) is 11.5 Å². The number of carbonyl (C=O) groups excluding carboxylic acids is 1. The predicted octanol–water partition coefficient (Wildman–Crippen LogP) is 7.02. The quantitative estimate of drug-likeness (QED) is 0.362. The van der Waals surface area contributed by atoms with Gasteiger partial charge in [0, 0.05) is 21.0 Å². The Hall–Kier alpha value is -2.21. The molecule has 0 spiro atoms. The van der Waals surface area contributed by atoms with E-state index in [1.54, 1.807) is 7.11 Å². The Balaban J connectivity index is 1.60. The number of hydrogen-bond donors (Lipinski definition) is 0. The summed E-state index contributed by atoms with van der Waals surface area (Å²) in [6.45, 7) is 0.318. The van der Waals surface area contributed by atoms with Gasteiger partial charge in [-0.2, -0.15) is 0 Å². The van der Waals surface area contributed by atoms with E-state index in [-0.39, 0.29) is 5.78 Å². The van der Waals surface area contributed by atoms with Crippen molar-refractivity contribution in [2.24, 2.45) is 0 Å². The molecule has 6 heteroatoms. The fraction of sp³-hybridized carbons (Fsp3) is 0.0870. The lowest BCUT2D eigenvalue weighted by molar-refractivity contribution is 0.104. The molecule has 0 unspecified atom stereocenters. The lowest BCUT2D eigenvalue weighted by Crippen LogP contribution is -2.00. The van der Waals surface area contributed by atoms with Crippen LogP contribution in [0.2, 0.25) is 5.02 Å². The van der Waals surface area contributed by atoms with Gasteiger partial charge in [-0.3, -0.25) is 4.79 Å². The second kappa shape index (κ2) is 8.66. The maximum absolute atomic E-state index is 12.6. The number of methoxy groups -OCH3 is 1. The average molecular weight is 488 g/mol. The third-order valence-corrected chi connectivity index (χ3v) is 6.51. The van der Waals surface area contributed by atoms with Crippen molar-refractivity contribution < 1.29 is 14.3 Å². The zero-order valence-corrected chi connectivity index (χ0v) is 18.6. The number of fused-ring (bicyclic) bond motifs is 1. The van der Waals surface area contributed by atoms with Crippen LogP contribution < -0.4 is 9.47 Å². The molecule has 1 aliphatic heterocycles. The fourth-order valence-electron chi connectivity index (χ4n) is 3.02. The first-order chi connectivity index (χ1) is 14.1. The molecule has 0 saturated carbocycles. The first kappa shape index (κ1) is 20.1. The second-order valence-electron chi connectivity index (χ2n) is 6.35. The molecule has 0 bridgehead atoms. The van der Waals surface area contributed by atoms with Gasteiger partial charge in [-0.05, 0) is 57.9 Å². The largest absolute Gasteiger partial charge is 0.493 e. The van der Waals surface area contributed by atoms with E-state index >= 15 is 0 Å². The van der Waals surface area contributed by atoms with Crippen molar-refractivity contribution in [1.82, 2.24) is 0 Å². The number of benzene rings is 3. The van der Waals surface area contributed by atoms with Crippen LogP contribution in [0.1, 0.15) is 21.5 Å². The van der Waals surface area contributed by atoms with Gasteiger partial charge in [0.1, 0.15) is 6.61 Å². The van der Waals surface area contributed by atoms with Gasteiger partial charge in [-0.1, -0.05) is 53.7 Å². The van der Waals surface area contributed by atoms with Crippen LogP contribution in [0.25, 0.3) is 6.08 Å². The van der Waals surface area contributed by atoms with Crippen molar-refractivity contribution in [1.29, 1.82) is 0 Å². The van der Waals surface area contributed by atoms with E-state index in [1.807, 2.05) is 66.7 Å². The lowest BCUT2D eigenvalue weighted by Gasteiger charge is -2.14. The molecule has 0 N–H and O–H groups in total. The summed E-state index contributed by atoms with van der Waals surface area (Å²) in [5, 5.41) is 0.653. The van der Waals surface area contributed by atoms with E-state index in [0.29, 0.717) is 28.0 Å². The summed E-state index contributed by atoms with van der Waals surface area (Å²) < 4.78 is 12.2. The summed E-state index contributed by atoms with van der Waals surface area (Å²) in [5.41, 5.74) is 2.48. The average Bonchev–Trinajstić information content (AvgIpc) is 3.03. The Morgan fingerprint density at radius 3 is 2.62 bits per heavy atom. The van der Waals surface area contributed by atoms with Crippen LogP contribution >= 0.6 is 39.3 Å². The van der Waals surface area contributed by atoms with Gasteiger partial charge in [-0.25, -0.2) is 0 Å². The molecule has 0 radical (unpaired) electrons. The fourth-order valence-corrected chi connectivity index (χ4v) is 4.83. The Labute approximate surface area is 186 Å². The lowest BCUT2D eigenvalue weighted by atomic mass is 10.1. The standard InChI is InChI=1S/C23H16BrClO3S/c1-27-19-11-14(12-21-22(26)16-7-3-5-9-20(16)29-21)10-17(24)23(19)28-13-15-6-2-4-8-18(15)25/h2-12H,13H2,1H3/b21-12-. The molecule has 3 nitrogen and oxygen atoms in total. The van der Waals surface area contributed by atoms with Crippen molar-refractivity contribution >= 4 is 51.2 Å². The third kappa shape index (κ3) is 4.22. The summed E-state index contributed by atoms with van der Waals surface area (Å²) in [6, 6.07) is 18.9. The zero-order valence-electron chi connectivity index (χ0n) is 15.4. The highest BCUT2D eigenvalue weighted by Gasteiger charge is 2.25. The Morgan fingerprint density at radius 2 is 1.86 bits per heavy atom. The van der Waals surface area contributed by atoms with Gasteiger partial charge in [0.15, 0.2) is 11.5 Å². The predicted molar refractivity (Wildman–Crippen MR) is 121 cm³/mol. The molecule has 29 heavy (non-hydrogen) atoms. The molecular formula is C23H16BrClO3S. The molecule has 1 heterocycles. The van der Waals surface area contributed by atoms with Crippen molar-refractivity contribution in [3.63, 3.8) is 0 Å². The highest BCUT2D eigenvalue weighted by atomic mass is 79.9. The molecule has 1 aliphatic rings. The first-order valence-corrected chi connectivity index (χ1v) is 10.8. The minimum absolute atomic E-state index is 0.0414. The second-order valence-corrected chi connectivity index (χ2v) is 8.70. The molecule has 146 valence electrons. The number of ketones is 1. The molecule has 4 rings (SSSR count). The summed E-state index contributed by atoms with van der Waals surface area (Å²) in [6.07, 6.45) is 1.87. The van der Waals surface area contributed by atoms with Gasteiger partial charge in [0.25, 0.3) is 0 Å². The van der Waals surface area contributed by atoms with E-state index in [1.165, 1.54) is 11.8 Å². The van der Waals surface area contributed by atoms with Gasteiger partial charge < -0.3 is 9.47 Å². The smallest absolute Gasteiger partial charge is 0.200 e. The van der Waals surface area contributed by atoms with Crippen molar-refractivity contribution in [2.45, 2.75) is 11.5 Å². The van der Waals surface area contributed by atoms with Crippen LogP contribution in [-0.4, -0.2) is 12.9 Å². The monoisotopic (exact) mass is 486 g/mol. The van der Waals surface area contributed by atoms with Gasteiger partial charge in [-0.15, -0.1) is 0 Å². The highest BCUT2D eigenvalue weighted by Crippen LogP contribution is 2.42. The molecule has 0 atom stereocenters. The van der Waals surface area contributed by atoms with E-state index in [9.17, 15) is 4.79 Å². The Kier molecular flexibility index (Phi) is 5.99. The van der Waals surface area contributed by atoms with Crippen LogP contribution in [0.3, 0.4) is 0 Å². The third-order valence-electron chi connectivity index (χ3n) is 4.45. The summed E-state index contributed by atoms with van der Waals surface area (Å²) in [4.78, 5) is 14.3. The van der Waals surface area contributed by atoms with Gasteiger partial charge in [0.05, 0.1) is 16.5 Å². The highest BCUT2D eigenvalue weighted by molar-refractivity contribution is 9.10. The van der Waals surface area contributed by atoms with Crippen LogP contribution in [0.15, 0.2) is 74.9 Å². The number of halogens is 2. The maximum Gasteiger partial charge on any atom is 0.200 e. The first-order valence-electron chi connectivity index (χ1n) is 8.84. The zero-order chi connectivity index (χ0) is 20.4. The molecule has 3 aromatic rings. The maximum atomic E-state index is 12.6. The van der Waals surface area contributed by atoms with E-state index in [2.05, 4.69) is 15.9 Å². The SMILES string of the molecule is COc1cc(/C=C2\Sc3ccccc3C2=O)cc(Br)c1OCc1ccccc1Cl. The molecule has 0 amide bonds. The minimum atomic E-state index is 0.0414. The molecule has 3 aromatic carbocycles. The summed E-state index contributed by atoms with van der Waals surface area (Å²) in [5.74, 6) is 1.20. The van der Waals surface area contributed by atoms with Crippen LogP contribution in [0, 0.1) is 0 Å². The van der Waals surface area contributed by atoms with Gasteiger partial charge in [0.2, 0.25) is 5.78 Å². The van der Waals surface area contributed by atoms with E-state index < -0.39 is 0 Å². The minimum Gasteiger partial charge on any atom is -0.493 e. The van der Waals surface area contributed by atoms with E-state index in [0.717, 1.165) is 26.1 Å². The molecule has 0 saturated heterocycles. The number of ether oxygens (including phenoxy) is 2. The summed E-state index contributed by atoms with van der Waals surface area (Å²) in [7, 11) is 1.59. The van der Waals surface area contributed by atoms with E-state index in [4.69, 9.17) is 21.1 Å². The number of carbonyl (C=O) groups is 1. The number of hydrogen-bond acceptors (Lipinski definition) is 4. The van der Waals surface area contributed by atoms with Crippen LogP contribution in [0.5, 0.6) is 11.5 Å². The number of rotatable bonds is 5. The molecule has 0 aliphatic carbocycles. The molecule has 0 aromatic heterocycles. The molecular weight excluding hydrogens is 472 g/mol. The van der Waals surface area contributed by atoms with Crippen LogP contribution in [-0.2, 0) is 6.61 Å². The van der Waals surface area contributed by atoms with Crippen molar-refractivity contribution in [3.05, 3.63) is 91.8 Å². The number of allylic oxidation sites excluding steroid dienone is 1. The van der Waals surface area contributed by atoms with Crippen LogP contribution in [0.4, 0.5) is 0 Å². The van der Waals surface area contributed by atoms with Gasteiger partial charge >= 0.3 is 0 Å². The van der Waals surface area contributed by atoms with Crippen molar-refractivity contribution in [2.75, 3.05) is 7.11 Å². The summed E-state index contributed by atoms with van der Waals surface area (Å²) >= 11 is 11.3. The topological polar surface area (TPSA) is 35.5 Å². The molecule has 0 fully saturated rings. The normalized spacial score (nSPS) is 14.2. The number of thioether (sulfide) groups is 1. The number of Topliss-reactive ketones (excluding diaryl/α,β-unsaturated/α-hetero) is 1.